The highest BCUT2D eigenvalue weighted by atomic mass is 16.2. The molecule has 1 unspecified atom stereocenters. The number of hydrogen-bond donors (Lipinski definition) is 0. The summed E-state index contributed by atoms with van der Waals surface area (Å²) in [5.74, 6) is -0.175. The zero-order chi connectivity index (χ0) is 15.7. The molecule has 4 nitrogen and oxygen atoms in total. The monoisotopic (exact) mass is 288 g/mol. The molecule has 1 aromatic carbocycles. The predicted octanol–water partition coefficient (Wildman–Crippen LogP) is 2.59. The minimum absolute atomic E-state index is 0.0845. The van der Waals surface area contributed by atoms with Gasteiger partial charge in [-0.25, -0.2) is 4.90 Å². The van der Waals surface area contributed by atoms with Crippen molar-refractivity contribution in [2.24, 2.45) is 0 Å². The van der Waals surface area contributed by atoms with Crippen molar-refractivity contribution in [3.8, 4) is 0 Å². The van der Waals surface area contributed by atoms with Crippen LogP contribution in [0.3, 0.4) is 0 Å². The summed E-state index contributed by atoms with van der Waals surface area (Å²) >= 11 is 0. The predicted molar refractivity (Wildman–Crippen MR) is 84.5 cm³/mol. The average molecular weight is 288 g/mol. The Balaban J connectivity index is 2.42. The molecule has 21 heavy (non-hydrogen) atoms. The SMILES string of the molecule is CCN(CC)C1CC(=O)N(c2c(C)cc(C)cc2C)C1=O. The quantitative estimate of drug-likeness (QED) is 0.800. The van der Waals surface area contributed by atoms with Crippen molar-refractivity contribution in [3.63, 3.8) is 0 Å². The summed E-state index contributed by atoms with van der Waals surface area (Å²) in [4.78, 5) is 28.6. The second kappa shape index (κ2) is 5.98. The van der Waals surface area contributed by atoms with E-state index in [4.69, 9.17) is 0 Å². The molecule has 0 radical (unpaired) electrons. The molecule has 4 heteroatoms. The van der Waals surface area contributed by atoms with Crippen molar-refractivity contribution in [1.82, 2.24) is 4.90 Å². The van der Waals surface area contributed by atoms with E-state index < -0.39 is 0 Å². The van der Waals surface area contributed by atoms with E-state index in [0.29, 0.717) is 0 Å². The van der Waals surface area contributed by atoms with E-state index >= 15 is 0 Å². The largest absolute Gasteiger partial charge is 0.292 e. The van der Waals surface area contributed by atoms with Crippen LogP contribution in [-0.4, -0.2) is 35.8 Å². The fourth-order valence-electron chi connectivity index (χ4n) is 3.33. The van der Waals surface area contributed by atoms with Crippen LogP contribution in [0.2, 0.25) is 0 Å². The zero-order valence-corrected chi connectivity index (χ0v) is 13.6. The van der Waals surface area contributed by atoms with Gasteiger partial charge in [0.15, 0.2) is 0 Å². The van der Waals surface area contributed by atoms with Gasteiger partial charge in [-0.15, -0.1) is 0 Å². The van der Waals surface area contributed by atoms with E-state index in [0.717, 1.165) is 35.5 Å². The lowest BCUT2D eigenvalue weighted by Gasteiger charge is -2.25. The first-order valence-electron chi connectivity index (χ1n) is 7.59. The Bertz CT molecular complexity index is 553. The van der Waals surface area contributed by atoms with Gasteiger partial charge in [0.1, 0.15) is 0 Å². The number of aryl methyl sites for hydroxylation is 3. The molecule has 0 saturated carbocycles. The maximum absolute atomic E-state index is 12.7. The molecule has 0 bridgehead atoms. The number of likely N-dealkylation sites (N-methyl/N-ethyl adjacent to an activating group) is 1. The number of imide groups is 1. The number of amides is 2. The van der Waals surface area contributed by atoms with Crippen molar-refractivity contribution in [1.29, 1.82) is 0 Å². The van der Waals surface area contributed by atoms with E-state index in [-0.39, 0.29) is 24.3 Å². The second-order valence-electron chi connectivity index (χ2n) is 5.76. The highest BCUT2D eigenvalue weighted by Crippen LogP contribution is 2.32. The molecule has 114 valence electrons. The Kier molecular flexibility index (Phi) is 4.47. The number of nitrogens with zero attached hydrogens (tertiary/aromatic N) is 2. The number of rotatable bonds is 4. The number of anilines is 1. The summed E-state index contributed by atoms with van der Waals surface area (Å²) in [7, 11) is 0. The molecule has 2 rings (SSSR count). The Morgan fingerprint density at radius 3 is 2.10 bits per heavy atom. The minimum Gasteiger partial charge on any atom is -0.292 e. The zero-order valence-electron chi connectivity index (χ0n) is 13.6. The van der Waals surface area contributed by atoms with Gasteiger partial charge in [-0.05, 0) is 45.0 Å². The van der Waals surface area contributed by atoms with E-state index in [2.05, 4.69) is 4.90 Å². The molecule has 1 atom stereocenters. The molecule has 0 aliphatic carbocycles. The van der Waals surface area contributed by atoms with E-state index in [1.165, 1.54) is 4.90 Å². The van der Waals surface area contributed by atoms with Crippen LogP contribution in [0.1, 0.15) is 37.0 Å². The molecular weight excluding hydrogens is 264 g/mol. The normalized spacial score (nSPS) is 19.0. The Hall–Kier alpha value is -1.68. The molecular formula is C17H24N2O2. The van der Waals surface area contributed by atoms with Crippen LogP contribution in [0.5, 0.6) is 0 Å². The number of carbonyl (C=O) groups excluding carboxylic acids is 2. The first-order chi connectivity index (χ1) is 9.90. The maximum atomic E-state index is 12.7. The molecule has 1 saturated heterocycles. The third kappa shape index (κ3) is 2.72. The van der Waals surface area contributed by atoms with Crippen molar-refractivity contribution >= 4 is 17.5 Å². The number of carbonyl (C=O) groups is 2. The van der Waals surface area contributed by atoms with Crippen molar-refractivity contribution in [3.05, 3.63) is 28.8 Å². The van der Waals surface area contributed by atoms with Gasteiger partial charge in [-0.1, -0.05) is 31.5 Å². The summed E-state index contributed by atoms with van der Waals surface area (Å²) in [6, 6.07) is 3.73. The Labute approximate surface area is 126 Å². The molecule has 1 fully saturated rings. The lowest BCUT2D eigenvalue weighted by atomic mass is 10.0. The molecule has 0 spiro atoms. The fraction of sp³-hybridized carbons (Fsp3) is 0.529. The molecule has 2 amide bonds. The van der Waals surface area contributed by atoms with Crippen LogP contribution >= 0.6 is 0 Å². The number of benzene rings is 1. The highest BCUT2D eigenvalue weighted by Gasteiger charge is 2.42. The molecule has 0 aromatic heterocycles. The first-order valence-corrected chi connectivity index (χ1v) is 7.59. The van der Waals surface area contributed by atoms with Gasteiger partial charge in [0.25, 0.3) is 5.91 Å². The molecule has 1 aromatic rings. The summed E-state index contributed by atoms with van der Waals surface area (Å²) in [5, 5.41) is 0. The standard InChI is InChI=1S/C17H24N2O2/c1-6-18(7-2)14-10-15(20)19(17(14)21)16-12(4)8-11(3)9-13(16)5/h8-9,14H,6-7,10H2,1-5H3. The molecule has 1 aliphatic heterocycles. The minimum atomic E-state index is -0.312. The van der Waals surface area contributed by atoms with Crippen molar-refractivity contribution in [2.45, 2.75) is 47.1 Å². The van der Waals surface area contributed by atoms with Crippen LogP contribution in [0.4, 0.5) is 5.69 Å². The molecule has 1 heterocycles. The van der Waals surface area contributed by atoms with Gasteiger partial charge in [0.05, 0.1) is 18.2 Å². The van der Waals surface area contributed by atoms with Crippen LogP contribution in [-0.2, 0) is 9.59 Å². The van der Waals surface area contributed by atoms with Gasteiger partial charge in [-0.3, -0.25) is 14.5 Å². The van der Waals surface area contributed by atoms with Crippen LogP contribution in [0.15, 0.2) is 12.1 Å². The highest BCUT2D eigenvalue weighted by molar-refractivity contribution is 6.23. The van der Waals surface area contributed by atoms with Crippen LogP contribution < -0.4 is 4.90 Å². The summed E-state index contributed by atoms with van der Waals surface area (Å²) in [6.45, 7) is 11.5. The Morgan fingerprint density at radius 2 is 1.62 bits per heavy atom. The van der Waals surface area contributed by atoms with E-state index in [1.54, 1.807) is 0 Å². The third-order valence-corrected chi connectivity index (χ3v) is 4.23. The summed E-state index contributed by atoms with van der Waals surface area (Å²) in [5.41, 5.74) is 3.88. The van der Waals surface area contributed by atoms with Gasteiger partial charge >= 0.3 is 0 Å². The maximum Gasteiger partial charge on any atom is 0.251 e. The lowest BCUT2D eigenvalue weighted by Crippen LogP contribution is -2.42. The first kappa shape index (κ1) is 15.7. The smallest absolute Gasteiger partial charge is 0.251 e. The summed E-state index contributed by atoms with van der Waals surface area (Å²) in [6.07, 6.45) is 0.285. The molecule has 1 aliphatic rings. The van der Waals surface area contributed by atoms with Crippen LogP contribution in [0, 0.1) is 20.8 Å². The average Bonchev–Trinajstić information content (AvgIpc) is 2.68. The van der Waals surface area contributed by atoms with Gasteiger partial charge in [-0.2, -0.15) is 0 Å². The van der Waals surface area contributed by atoms with E-state index in [9.17, 15) is 9.59 Å². The fourth-order valence-corrected chi connectivity index (χ4v) is 3.33. The van der Waals surface area contributed by atoms with Crippen molar-refractivity contribution in [2.75, 3.05) is 18.0 Å². The third-order valence-electron chi connectivity index (χ3n) is 4.23. The number of hydrogen-bond acceptors (Lipinski definition) is 3. The van der Waals surface area contributed by atoms with E-state index in [1.807, 2.05) is 46.8 Å². The van der Waals surface area contributed by atoms with Crippen molar-refractivity contribution < 1.29 is 9.59 Å². The lowest BCUT2D eigenvalue weighted by molar-refractivity contribution is -0.122. The second-order valence-corrected chi connectivity index (χ2v) is 5.76. The van der Waals surface area contributed by atoms with Gasteiger partial charge in [0.2, 0.25) is 5.91 Å². The van der Waals surface area contributed by atoms with Gasteiger partial charge in [0, 0.05) is 0 Å². The summed E-state index contributed by atoms with van der Waals surface area (Å²) < 4.78 is 0. The Morgan fingerprint density at radius 1 is 1.10 bits per heavy atom. The topological polar surface area (TPSA) is 40.6 Å². The molecule has 0 N–H and O–H groups in total. The van der Waals surface area contributed by atoms with Gasteiger partial charge < -0.3 is 0 Å². The van der Waals surface area contributed by atoms with Crippen LogP contribution in [0.25, 0.3) is 0 Å².